The molecule has 1 aromatic rings. The number of hydrogen-bond donors (Lipinski definition) is 1. The summed E-state index contributed by atoms with van der Waals surface area (Å²) in [7, 11) is 0. The van der Waals surface area contributed by atoms with E-state index in [9.17, 15) is 9.59 Å². The van der Waals surface area contributed by atoms with Crippen LogP contribution in [0.15, 0.2) is 30.3 Å². The minimum absolute atomic E-state index is 0.0431. The van der Waals surface area contributed by atoms with Gasteiger partial charge in [-0.25, -0.2) is 0 Å². The molecule has 2 fully saturated rings. The molecule has 3 rings (SSSR count). The van der Waals surface area contributed by atoms with E-state index in [4.69, 9.17) is 0 Å². The van der Waals surface area contributed by atoms with Crippen LogP contribution in [0.3, 0.4) is 0 Å². The van der Waals surface area contributed by atoms with Crippen molar-refractivity contribution in [2.75, 3.05) is 26.2 Å². The second-order valence-electron chi connectivity index (χ2n) is 11.8. The third-order valence-corrected chi connectivity index (χ3v) is 7.11. The molecule has 2 aliphatic rings. The number of hydrogen-bond acceptors (Lipinski definition) is 3. The standard InChI is InChI=1S/C28H45N3O2/c1-22(2)20-24-25(32)31(21-27(3,4)5)28(26(33)29-24)15-18-30(19-16-28)17-11-7-10-14-23-12-8-6-9-13-23/h6,8-9,12-13,22,24H,7,10-11,14-21H2,1-5H3,(H,29,33)/t24-/m0/s1. The van der Waals surface area contributed by atoms with E-state index in [0.29, 0.717) is 18.9 Å². The maximum absolute atomic E-state index is 13.5. The zero-order valence-electron chi connectivity index (χ0n) is 21.5. The van der Waals surface area contributed by atoms with Crippen molar-refractivity contribution < 1.29 is 9.59 Å². The van der Waals surface area contributed by atoms with Gasteiger partial charge in [-0.1, -0.05) is 71.4 Å². The third-order valence-electron chi connectivity index (χ3n) is 7.11. The van der Waals surface area contributed by atoms with Crippen LogP contribution in [0, 0.1) is 11.3 Å². The smallest absolute Gasteiger partial charge is 0.246 e. The highest BCUT2D eigenvalue weighted by atomic mass is 16.2. The Morgan fingerprint density at radius 3 is 2.30 bits per heavy atom. The third kappa shape index (κ3) is 6.81. The molecule has 1 atom stereocenters. The number of unbranched alkanes of at least 4 members (excludes halogenated alkanes) is 2. The summed E-state index contributed by atoms with van der Waals surface area (Å²) >= 11 is 0. The van der Waals surface area contributed by atoms with Gasteiger partial charge < -0.3 is 15.1 Å². The molecule has 1 N–H and O–H groups in total. The highest BCUT2D eigenvalue weighted by Gasteiger charge is 2.54. The van der Waals surface area contributed by atoms with E-state index >= 15 is 0 Å². The zero-order valence-corrected chi connectivity index (χ0v) is 21.5. The van der Waals surface area contributed by atoms with Crippen LogP contribution < -0.4 is 5.32 Å². The van der Waals surface area contributed by atoms with Gasteiger partial charge >= 0.3 is 0 Å². The van der Waals surface area contributed by atoms with Gasteiger partial charge in [-0.3, -0.25) is 9.59 Å². The van der Waals surface area contributed by atoms with Gasteiger partial charge in [-0.05, 0) is 62.0 Å². The fourth-order valence-electron chi connectivity index (χ4n) is 5.34. The number of benzene rings is 1. The summed E-state index contributed by atoms with van der Waals surface area (Å²) in [6.45, 7) is 14.2. The Morgan fingerprint density at radius 2 is 1.70 bits per heavy atom. The number of aryl methyl sites for hydroxylation is 1. The summed E-state index contributed by atoms with van der Waals surface area (Å²) in [5.41, 5.74) is 0.695. The molecule has 0 bridgehead atoms. The molecule has 0 unspecified atom stereocenters. The van der Waals surface area contributed by atoms with E-state index in [0.717, 1.165) is 38.9 Å². The molecule has 33 heavy (non-hydrogen) atoms. The molecule has 0 saturated carbocycles. The first-order chi connectivity index (χ1) is 15.6. The van der Waals surface area contributed by atoms with Crippen molar-refractivity contribution in [2.45, 2.75) is 91.1 Å². The number of nitrogens with zero attached hydrogens (tertiary/aromatic N) is 2. The minimum Gasteiger partial charge on any atom is -0.342 e. The molecule has 2 heterocycles. The molecule has 184 valence electrons. The molecule has 0 aromatic heterocycles. The number of carbonyl (C=O) groups is 2. The predicted molar refractivity (Wildman–Crippen MR) is 135 cm³/mol. The van der Waals surface area contributed by atoms with Crippen LogP contribution in [0.1, 0.15) is 78.7 Å². The Morgan fingerprint density at radius 1 is 1.03 bits per heavy atom. The lowest BCUT2D eigenvalue weighted by atomic mass is 9.79. The van der Waals surface area contributed by atoms with Crippen molar-refractivity contribution in [3.05, 3.63) is 35.9 Å². The first kappa shape index (κ1) is 25.7. The Bertz CT molecular complexity index is 776. The second-order valence-corrected chi connectivity index (χ2v) is 11.8. The van der Waals surface area contributed by atoms with Crippen LogP contribution in [0.5, 0.6) is 0 Å². The molecule has 0 radical (unpaired) electrons. The largest absolute Gasteiger partial charge is 0.342 e. The minimum atomic E-state index is -0.679. The van der Waals surface area contributed by atoms with Crippen molar-refractivity contribution in [1.82, 2.24) is 15.1 Å². The predicted octanol–water partition coefficient (Wildman–Crippen LogP) is 4.65. The van der Waals surface area contributed by atoms with Gasteiger partial charge in [-0.2, -0.15) is 0 Å². The second kappa shape index (κ2) is 11.0. The number of rotatable bonds is 9. The van der Waals surface area contributed by atoms with Crippen LogP contribution in [0.25, 0.3) is 0 Å². The molecule has 1 spiro atoms. The van der Waals surface area contributed by atoms with Crippen molar-refractivity contribution >= 4 is 11.8 Å². The van der Waals surface area contributed by atoms with Gasteiger partial charge in [0.05, 0.1) is 0 Å². The van der Waals surface area contributed by atoms with Crippen molar-refractivity contribution in [3.63, 3.8) is 0 Å². The SMILES string of the molecule is CC(C)C[C@@H]1NC(=O)C2(CCN(CCCCCc3ccccc3)CC2)N(CC(C)(C)C)C1=O. The van der Waals surface area contributed by atoms with Crippen LogP contribution in [0.4, 0.5) is 0 Å². The number of piperazine rings is 1. The average molecular weight is 456 g/mol. The molecular formula is C28H45N3O2. The van der Waals surface area contributed by atoms with Gasteiger partial charge in [0.1, 0.15) is 11.6 Å². The Kier molecular flexibility index (Phi) is 8.60. The lowest BCUT2D eigenvalue weighted by Gasteiger charge is -2.53. The number of nitrogens with one attached hydrogen (secondary N) is 1. The van der Waals surface area contributed by atoms with Gasteiger partial charge in [-0.15, -0.1) is 0 Å². The quantitative estimate of drug-likeness (QED) is 0.551. The molecule has 5 nitrogen and oxygen atoms in total. The van der Waals surface area contributed by atoms with Crippen molar-refractivity contribution in [3.8, 4) is 0 Å². The summed E-state index contributed by atoms with van der Waals surface area (Å²) in [5.74, 6) is 0.556. The van der Waals surface area contributed by atoms with Crippen LogP contribution in [-0.2, 0) is 16.0 Å². The molecule has 2 amide bonds. The maximum atomic E-state index is 13.5. The fraction of sp³-hybridized carbons (Fsp3) is 0.714. The number of amides is 2. The summed E-state index contributed by atoms with van der Waals surface area (Å²) in [5, 5.41) is 3.12. The lowest BCUT2D eigenvalue weighted by Crippen LogP contribution is -2.73. The first-order valence-electron chi connectivity index (χ1n) is 13.0. The molecule has 2 aliphatic heterocycles. The van der Waals surface area contributed by atoms with Gasteiger partial charge in [0, 0.05) is 19.6 Å². The highest BCUT2D eigenvalue weighted by molar-refractivity contribution is 6.00. The Hall–Kier alpha value is -1.88. The van der Waals surface area contributed by atoms with E-state index < -0.39 is 5.54 Å². The number of carbonyl (C=O) groups excluding carboxylic acids is 2. The highest BCUT2D eigenvalue weighted by Crippen LogP contribution is 2.36. The van der Waals surface area contributed by atoms with E-state index in [1.165, 1.54) is 24.8 Å². The van der Waals surface area contributed by atoms with Gasteiger partial charge in [0.2, 0.25) is 11.8 Å². The van der Waals surface area contributed by atoms with Crippen molar-refractivity contribution in [2.24, 2.45) is 11.3 Å². The zero-order chi connectivity index (χ0) is 24.1. The van der Waals surface area contributed by atoms with Crippen molar-refractivity contribution in [1.29, 1.82) is 0 Å². The Balaban J connectivity index is 1.55. The lowest BCUT2D eigenvalue weighted by molar-refractivity contribution is -0.163. The number of piperidine rings is 1. The summed E-state index contributed by atoms with van der Waals surface area (Å²) in [4.78, 5) is 31.4. The fourth-order valence-corrected chi connectivity index (χ4v) is 5.34. The normalized spacial score (nSPS) is 21.6. The van der Waals surface area contributed by atoms with Gasteiger partial charge in [0.15, 0.2) is 0 Å². The summed E-state index contributed by atoms with van der Waals surface area (Å²) in [6, 6.07) is 10.3. The maximum Gasteiger partial charge on any atom is 0.246 e. The summed E-state index contributed by atoms with van der Waals surface area (Å²) < 4.78 is 0. The monoisotopic (exact) mass is 455 g/mol. The molecule has 0 aliphatic carbocycles. The van der Waals surface area contributed by atoms with Gasteiger partial charge in [0.25, 0.3) is 0 Å². The molecular weight excluding hydrogens is 410 g/mol. The first-order valence-corrected chi connectivity index (χ1v) is 13.0. The van der Waals surface area contributed by atoms with E-state index in [2.05, 4.69) is 75.2 Å². The van der Waals surface area contributed by atoms with Crippen LogP contribution >= 0.6 is 0 Å². The average Bonchev–Trinajstić information content (AvgIpc) is 2.76. The van der Waals surface area contributed by atoms with E-state index in [1.54, 1.807) is 0 Å². The van der Waals surface area contributed by atoms with Crippen LogP contribution in [0.2, 0.25) is 0 Å². The Labute approximate surface area is 201 Å². The molecule has 1 aromatic carbocycles. The van der Waals surface area contributed by atoms with E-state index in [-0.39, 0.29) is 23.3 Å². The molecule has 5 heteroatoms. The summed E-state index contributed by atoms with van der Waals surface area (Å²) in [6.07, 6.45) is 6.95. The van der Waals surface area contributed by atoms with E-state index in [1.807, 2.05) is 4.90 Å². The van der Waals surface area contributed by atoms with Crippen LogP contribution in [-0.4, -0.2) is 59.4 Å². The topological polar surface area (TPSA) is 52.7 Å². The number of likely N-dealkylation sites (tertiary alicyclic amines) is 1. The molecule has 2 saturated heterocycles.